The Morgan fingerprint density at radius 2 is 1.93 bits per heavy atom. The van der Waals surface area contributed by atoms with Gasteiger partial charge in [-0.3, -0.25) is 0 Å². The maximum atomic E-state index is 5.38. The molecular formula is C13H25NO. The van der Waals surface area contributed by atoms with Crippen molar-refractivity contribution in [3.8, 4) is 0 Å². The maximum Gasteiger partial charge on any atom is 0.0469 e. The highest BCUT2D eigenvalue weighted by atomic mass is 16.5. The van der Waals surface area contributed by atoms with Crippen LogP contribution in [0.3, 0.4) is 0 Å². The molecule has 2 unspecified atom stereocenters. The zero-order valence-electron chi connectivity index (χ0n) is 10.0. The van der Waals surface area contributed by atoms with Crippen LogP contribution >= 0.6 is 0 Å². The number of hydrogen-bond donors (Lipinski definition) is 1. The first-order valence-corrected chi connectivity index (χ1v) is 6.65. The fourth-order valence-corrected chi connectivity index (χ4v) is 2.90. The second kappa shape index (κ2) is 5.86. The van der Waals surface area contributed by atoms with Crippen LogP contribution in [0.15, 0.2) is 0 Å². The summed E-state index contributed by atoms with van der Waals surface area (Å²) in [5.74, 6) is 1.81. The van der Waals surface area contributed by atoms with Gasteiger partial charge in [0, 0.05) is 19.3 Å². The largest absolute Gasteiger partial charge is 0.381 e. The van der Waals surface area contributed by atoms with E-state index in [0.29, 0.717) is 0 Å². The van der Waals surface area contributed by atoms with Crippen molar-refractivity contribution in [1.82, 2.24) is 5.32 Å². The van der Waals surface area contributed by atoms with Gasteiger partial charge in [-0.1, -0.05) is 19.8 Å². The van der Waals surface area contributed by atoms with Crippen molar-refractivity contribution < 1.29 is 4.74 Å². The molecule has 0 bridgehead atoms. The van der Waals surface area contributed by atoms with Gasteiger partial charge in [-0.15, -0.1) is 0 Å². The summed E-state index contributed by atoms with van der Waals surface area (Å²) in [5.41, 5.74) is 0. The average Bonchev–Trinajstić information content (AvgIpc) is 2.28. The third-order valence-corrected chi connectivity index (χ3v) is 3.97. The normalized spacial score (nSPS) is 34.2. The minimum atomic E-state index is 0.802. The van der Waals surface area contributed by atoms with Crippen LogP contribution in [0.25, 0.3) is 0 Å². The molecule has 2 nitrogen and oxygen atoms in total. The van der Waals surface area contributed by atoms with Crippen LogP contribution in [0.5, 0.6) is 0 Å². The molecule has 2 rings (SSSR count). The van der Waals surface area contributed by atoms with Gasteiger partial charge in [0.2, 0.25) is 0 Å². The fourth-order valence-electron chi connectivity index (χ4n) is 2.90. The van der Waals surface area contributed by atoms with E-state index in [9.17, 15) is 0 Å². The van der Waals surface area contributed by atoms with Crippen molar-refractivity contribution >= 4 is 0 Å². The van der Waals surface area contributed by atoms with E-state index in [4.69, 9.17) is 4.74 Å². The third kappa shape index (κ3) is 3.76. The molecule has 2 fully saturated rings. The van der Waals surface area contributed by atoms with Crippen LogP contribution in [0.1, 0.15) is 45.4 Å². The molecule has 0 aromatic heterocycles. The molecule has 1 saturated heterocycles. The Morgan fingerprint density at radius 1 is 1.13 bits per heavy atom. The molecule has 15 heavy (non-hydrogen) atoms. The number of nitrogens with one attached hydrogen (secondary N) is 1. The van der Waals surface area contributed by atoms with Gasteiger partial charge in [-0.05, 0) is 44.1 Å². The van der Waals surface area contributed by atoms with E-state index in [0.717, 1.165) is 31.1 Å². The molecular weight excluding hydrogens is 186 g/mol. The molecule has 2 aliphatic rings. The Bertz CT molecular complexity index is 177. The van der Waals surface area contributed by atoms with Gasteiger partial charge in [0.05, 0.1) is 0 Å². The minimum absolute atomic E-state index is 0.802. The molecule has 0 spiro atoms. The molecule has 88 valence electrons. The maximum absolute atomic E-state index is 5.38. The Kier molecular flexibility index (Phi) is 4.45. The lowest BCUT2D eigenvalue weighted by atomic mass is 9.86. The van der Waals surface area contributed by atoms with Crippen LogP contribution in [-0.4, -0.2) is 25.8 Å². The zero-order chi connectivity index (χ0) is 10.5. The summed E-state index contributed by atoms with van der Waals surface area (Å²) in [7, 11) is 0. The summed E-state index contributed by atoms with van der Waals surface area (Å²) in [4.78, 5) is 0. The van der Waals surface area contributed by atoms with E-state index in [1.807, 2.05) is 0 Å². The molecule has 0 aromatic rings. The summed E-state index contributed by atoms with van der Waals surface area (Å²) < 4.78 is 5.38. The van der Waals surface area contributed by atoms with E-state index in [-0.39, 0.29) is 0 Å². The standard InChI is InChI=1S/C13H25NO/c1-11-3-2-4-13(9-11)14-10-12-5-7-15-8-6-12/h11-14H,2-10H2,1H3. The Hall–Kier alpha value is -0.0800. The Labute approximate surface area is 93.8 Å². The van der Waals surface area contributed by atoms with E-state index >= 15 is 0 Å². The molecule has 0 amide bonds. The van der Waals surface area contributed by atoms with Gasteiger partial charge in [-0.2, -0.15) is 0 Å². The first kappa shape index (κ1) is 11.4. The lowest BCUT2D eigenvalue weighted by Crippen LogP contribution is -2.38. The van der Waals surface area contributed by atoms with Crippen molar-refractivity contribution in [1.29, 1.82) is 0 Å². The number of ether oxygens (including phenoxy) is 1. The van der Waals surface area contributed by atoms with Crippen molar-refractivity contribution in [3.63, 3.8) is 0 Å². The van der Waals surface area contributed by atoms with E-state index in [1.54, 1.807) is 0 Å². The quantitative estimate of drug-likeness (QED) is 0.774. The molecule has 1 heterocycles. The second-order valence-corrected chi connectivity index (χ2v) is 5.43. The molecule has 2 atom stereocenters. The molecule has 0 aromatic carbocycles. The molecule has 1 N–H and O–H groups in total. The van der Waals surface area contributed by atoms with Crippen molar-refractivity contribution in [3.05, 3.63) is 0 Å². The fraction of sp³-hybridized carbons (Fsp3) is 1.00. The lowest BCUT2D eigenvalue weighted by molar-refractivity contribution is 0.0647. The topological polar surface area (TPSA) is 21.3 Å². The van der Waals surface area contributed by atoms with Gasteiger partial charge < -0.3 is 10.1 Å². The smallest absolute Gasteiger partial charge is 0.0469 e. The van der Waals surface area contributed by atoms with Gasteiger partial charge >= 0.3 is 0 Å². The summed E-state index contributed by atoms with van der Waals surface area (Å²) in [6, 6.07) is 0.802. The highest BCUT2D eigenvalue weighted by Gasteiger charge is 2.20. The van der Waals surface area contributed by atoms with Crippen molar-refractivity contribution in [2.24, 2.45) is 11.8 Å². The van der Waals surface area contributed by atoms with Gasteiger partial charge in [0.15, 0.2) is 0 Å². The number of rotatable bonds is 3. The molecule has 1 saturated carbocycles. The third-order valence-electron chi connectivity index (χ3n) is 3.97. The monoisotopic (exact) mass is 211 g/mol. The lowest BCUT2D eigenvalue weighted by Gasteiger charge is -2.30. The van der Waals surface area contributed by atoms with Gasteiger partial charge in [-0.25, -0.2) is 0 Å². The van der Waals surface area contributed by atoms with Gasteiger partial charge in [0.1, 0.15) is 0 Å². The molecule has 1 aliphatic heterocycles. The van der Waals surface area contributed by atoms with Crippen LogP contribution < -0.4 is 5.32 Å². The average molecular weight is 211 g/mol. The predicted molar refractivity (Wildman–Crippen MR) is 63.0 cm³/mol. The van der Waals surface area contributed by atoms with Crippen molar-refractivity contribution in [2.45, 2.75) is 51.5 Å². The van der Waals surface area contributed by atoms with Gasteiger partial charge in [0.25, 0.3) is 0 Å². The van der Waals surface area contributed by atoms with Crippen LogP contribution in [0.2, 0.25) is 0 Å². The zero-order valence-corrected chi connectivity index (χ0v) is 10.0. The second-order valence-electron chi connectivity index (χ2n) is 5.43. The predicted octanol–water partition coefficient (Wildman–Crippen LogP) is 2.58. The van der Waals surface area contributed by atoms with E-state index in [1.165, 1.54) is 45.1 Å². The Morgan fingerprint density at radius 3 is 2.67 bits per heavy atom. The Balaban J connectivity index is 1.63. The van der Waals surface area contributed by atoms with E-state index < -0.39 is 0 Å². The van der Waals surface area contributed by atoms with Crippen LogP contribution in [-0.2, 0) is 4.74 Å². The summed E-state index contributed by atoms with van der Waals surface area (Å²) in [6.07, 6.45) is 8.17. The molecule has 0 radical (unpaired) electrons. The first-order chi connectivity index (χ1) is 7.34. The highest BCUT2D eigenvalue weighted by Crippen LogP contribution is 2.24. The first-order valence-electron chi connectivity index (χ1n) is 6.65. The highest BCUT2D eigenvalue weighted by molar-refractivity contribution is 4.77. The van der Waals surface area contributed by atoms with E-state index in [2.05, 4.69) is 12.2 Å². The summed E-state index contributed by atoms with van der Waals surface area (Å²) >= 11 is 0. The summed E-state index contributed by atoms with van der Waals surface area (Å²) in [6.45, 7) is 5.57. The minimum Gasteiger partial charge on any atom is -0.381 e. The van der Waals surface area contributed by atoms with Crippen LogP contribution in [0.4, 0.5) is 0 Å². The summed E-state index contributed by atoms with van der Waals surface area (Å²) in [5, 5.41) is 3.77. The molecule has 1 aliphatic carbocycles. The number of hydrogen-bond acceptors (Lipinski definition) is 2. The van der Waals surface area contributed by atoms with Crippen molar-refractivity contribution in [2.75, 3.05) is 19.8 Å². The molecule has 2 heteroatoms. The SMILES string of the molecule is CC1CCCC(NCC2CCOCC2)C1. The van der Waals surface area contributed by atoms with Crippen LogP contribution in [0, 0.1) is 11.8 Å².